The standard InChI is InChI=1S/C15H24FN/c1-7-13-8-14(12(6)15(13)16)9-17(10(2)3)11(4)5/h7,9,11-12,15H,2,8H2,1,3-6H3/b13-7+,14-9+. The molecule has 0 aliphatic heterocycles. The summed E-state index contributed by atoms with van der Waals surface area (Å²) in [6, 6.07) is 0.361. The second-order valence-corrected chi connectivity index (χ2v) is 5.17. The summed E-state index contributed by atoms with van der Waals surface area (Å²) >= 11 is 0. The lowest BCUT2D eigenvalue weighted by atomic mass is 10.0. The molecule has 17 heavy (non-hydrogen) atoms. The van der Waals surface area contributed by atoms with Crippen molar-refractivity contribution in [1.82, 2.24) is 4.90 Å². The van der Waals surface area contributed by atoms with E-state index in [-0.39, 0.29) is 5.92 Å². The van der Waals surface area contributed by atoms with E-state index >= 15 is 0 Å². The van der Waals surface area contributed by atoms with Gasteiger partial charge in [0.25, 0.3) is 0 Å². The fraction of sp³-hybridized carbons (Fsp3) is 0.600. The van der Waals surface area contributed by atoms with Crippen LogP contribution in [0.1, 0.15) is 41.0 Å². The molecule has 0 radical (unpaired) electrons. The van der Waals surface area contributed by atoms with Gasteiger partial charge in [0.15, 0.2) is 0 Å². The third kappa shape index (κ3) is 2.99. The Labute approximate surface area is 105 Å². The summed E-state index contributed by atoms with van der Waals surface area (Å²) in [7, 11) is 0. The molecule has 1 nitrogen and oxygen atoms in total. The lowest BCUT2D eigenvalue weighted by Gasteiger charge is -2.26. The van der Waals surface area contributed by atoms with Crippen LogP contribution in [0, 0.1) is 5.92 Å². The van der Waals surface area contributed by atoms with E-state index in [9.17, 15) is 4.39 Å². The average molecular weight is 237 g/mol. The number of rotatable bonds is 3. The fourth-order valence-corrected chi connectivity index (χ4v) is 2.31. The van der Waals surface area contributed by atoms with Crippen LogP contribution in [0.2, 0.25) is 0 Å². The van der Waals surface area contributed by atoms with Crippen LogP contribution in [-0.2, 0) is 0 Å². The first-order valence-electron chi connectivity index (χ1n) is 6.32. The predicted octanol–water partition coefficient (Wildman–Crippen LogP) is 4.44. The van der Waals surface area contributed by atoms with Crippen molar-refractivity contribution >= 4 is 0 Å². The number of allylic oxidation sites excluding steroid dienone is 4. The highest BCUT2D eigenvalue weighted by molar-refractivity contribution is 5.31. The quantitative estimate of drug-likeness (QED) is 0.656. The summed E-state index contributed by atoms with van der Waals surface area (Å²) < 4.78 is 13.9. The van der Waals surface area contributed by atoms with Crippen LogP contribution < -0.4 is 0 Å². The minimum absolute atomic E-state index is 0.0122. The third-order valence-electron chi connectivity index (χ3n) is 3.46. The summed E-state index contributed by atoms with van der Waals surface area (Å²) in [5, 5.41) is 0. The molecule has 2 heteroatoms. The first-order chi connectivity index (χ1) is 7.88. The zero-order valence-corrected chi connectivity index (χ0v) is 11.6. The van der Waals surface area contributed by atoms with E-state index < -0.39 is 6.17 Å². The highest BCUT2D eigenvalue weighted by Crippen LogP contribution is 2.38. The third-order valence-corrected chi connectivity index (χ3v) is 3.46. The number of halogens is 1. The Kier molecular flexibility index (Phi) is 4.55. The van der Waals surface area contributed by atoms with Crippen molar-refractivity contribution in [3.8, 4) is 0 Å². The molecule has 1 saturated carbocycles. The zero-order chi connectivity index (χ0) is 13.2. The number of alkyl halides is 1. The Balaban J connectivity index is 2.96. The molecule has 2 atom stereocenters. The van der Waals surface area contributed by atoms with E-state index in [1.54, 1.807) is 0 Å². The molecule has 0 saturated heterocycles. The van der Waals surface area contributed by atoms with Crippen LogP contribution >= 0.6 is 0 Å². The average Bonchev–Trinajstić information content (AvgIpc) is 2.52. The van der Waals surface area contributed by atoms with E-state index in [0.29, 0.717) is 6.04 Å². The van der Waals surface area contributed by atoms with Crippen molar-refractivity contribution in [3.63, 3.8) is 0 Å². The van der Waals surface area contributed by atoms with Crippen molar-refractivity contribution in [2.45, 2.75) is 53.3 Å². The van der Waals surface area contributed by atoms with Crippen LogP contribution in [0.15, 0.2) is 35.7 Å². The molecule has 0 aromatic carbocycles. The maximum Gasteiger partial charge on any atom is 0.128 e. The van der Waals surface area contributed by atoms with Gasteiger partial charge in [0.2, 0.25) is 0 Å². The second-order valence-electron chi connectivity index (χ2n) is 5.17. The van der Waals surface area contributed by atoms with Gasteiger partial charge >= 0.3 is 0 Å². The van der Waals surface area contributed by atoms with Crippen LogP contribution in [-0.4, -0.2) is 17.1 Å². The van der Waals surface area contributed by atoms with E-state index in [0.717, 1.165) is 17.7 Å². The summed E-state index contributed by atoms with van der Waals surface area (Å²) in [5.74, 6) is -0.0122. The summed E-state index contributed by atoms with van der Waals surface area (Å²) in [4.78, 5) is 2.12. The van der Waals surface area contributed by atoms with Crippen molar-refractivity contribution in [3.05, 3.63) is 35.7 Å². The highest BCUT2D eigenvalue weighted by atomic mass is 19.1. The van der Waals surface area contributed by atoms with E-state index in [2.05, 4.69) is 31.5 Å². The monoisotopic (exact) mass is 237 g/mol. The Morgan fingerprint density at radius 1 is 1.47 bits per heavy atom. The van der Waals surface area contributed by atoms with E-state index in [1.165, 1.54) is 5.57 Å². The van der Waals surface area contributed by atoms with E-state index in [4.69, 9.17) is 0 Å². The molecule has 1 fully saturated rings. The maximum absolute atomic E-state index is 13.9. The molecular formula is C15H24FN. The number of hydrogen-bond donors (Lipinski definition) is 0. The van der Waals surface area contributed by atoms with Gasteiger partial charge in [0.05, 0.1) is 0 Å². The Bertz CT molecular complexity index is 352. The lowest BCUT2D eigenvalue weighted by Crippen LogP contribution is -2.24. The van der Waals surface area contributed by atoms with Gasteiger partial charge in [-0.25, -0.2) is 4.39 Å². The molecule has 0 amide bonds. The smallest absolute Gasteiger partial charge is 0.128 e. The van der Waals surface area contributed by atoms with Gasteiger partial charge in [-0.3, -0.25) is 0 Å². The van der Waals surface area contributed by atoms with Gasteiger partial charge in [0, 0.05) is 23.9 Å². The Morgan fingerprint density at radius 2 is 2.06 bits per heavy atom. The van der Waals surface area contributed by atoms with Crippen molar-refractivity contribution < 1.29 is 4.39 Å². The highest BCUT2D eigenvalue weighted by Gasteiger charge is 2.32. The minimum Gasteiger partial charge on any atom is -0.350 e. The zero-order valence-electron chi connectivity index (χ0n) is 11.6. The second kappa shape index (κ2) is 5.52. The van der Waals surface area contributed by atoms with Gasteiger partial charge in [-0.2, -0.15) is 0 Å². The molecule has 0 bridgehead atoms. The summed E-state index contributed by atoms with van der Waals surface area (Å²) in [5.41, 5.74) is 3.08. The van der Waals surface area contributed by atoms with Crippen LogP contribution in [0.3, 0.4) is 0 Å². The molecule has 0 aromatic heterocycles. The van der Waals surface area contributed by atoms with Crippen LogP contribution in [0.25, 0.3) is 0 Å². The summed E-state index contributed by atoms with van der Waals surface area (Å²) in [6.45, 7) is 14.1. The van der Waals surface area contributed by atoms with Crippen molar-refractivity contribution in [2.24, 2.45) is 5.92 Å². The molecule has 0 N–H and O–H groups in total. The predicted molar refractivity (Wildman–Crippen MR) is 72.3 cm³/mol. The van der Waals surface area contributed by atoms with Crippen LogP contribution in [0.5, 0.6) is 0 Å². The largest absolute Gasteiger partial charge is 0.350 e. The molecule has 1 aliphatic rings. The Morgan fingerprint density at radius 3 is 2.41 bits per heavy atom. The van der Waals surface area contributed by atoms with Gasteiger partial charge < -0.3 is 4.90 Å². The van der Waals surface area contributed by atoms with Gasteiger partial charge in [-0.1, -0.05) is 19.6 Å². The normalized spacial score (nSPS) is 29.4. The molecular weight excluding hydrogens is 213 g/mol. The SMILES string of the molecule is C=C(C)N(/C=C1\C/C(=C\C)C(F)C1C)C(C)C. The Hall–Kier alpha value is -1.05. The molecule has 1 aliphatic carbocycles. The fourth-order valence-electron chi connectivity index (χ4n) is 2.31. The molecule has 1 rings (SSSR count). The number of nitrogens with zero attached hydrogens (tertiary/aromatic N) is 1. The first kappa shape index (κ1) is 14.0. The van der Waals surface area contributed by atoms with Crippen LogP contribution in [0.4, 0.5) is 4.39 Å². The minimum atomic E-state index is -0.814. The lowest BCUT2D eigenvalue weighted by molar-refractivity contribution is 0.328. The van der Waals surface area contributed by atoms with Gasteiger partial charge in [-0.05, 0) is 45.3 Å². The van der Waals surface area contributed by atoms with Gasteiger partial charge in [-0.15, -0.1) is 0 Å². The van der Waals surface area contributed by atoms with Gasteiger partial charge in [0.1, 0.15) is 6.17 Å². The van der Waals surface area contributed by atoms with E-state index in [1.807, 2.05) is 26.8 Å². The topological polar surface area (TPSA) is 3.24 Å². The number of hydrogen-bond acceptors (Lipinski definition) is 1. The molecule has 2 unspecified atom stereocenters. The molecule has 0 aromatic rings. The van der Waals surface area contributed by atoms with Crippen molar-refractivity contribution in [1.29, 1.82) is 0 Å². The molecule has 96 valence electrons. The van der Waals surface area contributed by atoms with Crippen molar-refractivity contribution in [2.75, 3.05) is 0 Å². The molecule has 0 heterocycles. The molecule has 0 spiro atoms. The summed E-state index contributed by atoms with van der Waals surface area (Å²) in [6.07, 6.45) is 3.93. The first-order valence-corrected chi connectivity index (χ1v) is 6.32. The maximum atomic E-state index is 13.9.